The summed E-state index contributed by atoms with van der Waals surface area (Å²) in [7, 11) is 0. The van der Waals surface area contributed by atoms with Crippen LogP contribution in [-0.4, -0.2) is 46.4 Å². The van der Waals surface area contributed by atoms with E-state index in [2.05, 4.69) is 0 Å². The van der Waals surface area contributed by atoms with Crippen LogP contribution in [0.25, 0.3) is 18.2 Å². The van der Waals surface area contributed by atoms with Crippen LogP contribution < -0.4 is 17.1 Å². The highest BCUT2D eigenvalue weighted by atomic mass is 16.3. The summed E-state index contributed by atoms with van der Waals surface area (Å²) in [5.41, 5.74) is 0.963. The van der Waals surface area contributed by atoms with Crippen LogP contribution in [0.5, 0.6) is 17.2 Å². The number of rotatable bonds is 15. The fourth-order valence-corrected chi connectivity index (χ4v) is 8.43. The van der Waals surface area contributed by atoms with Crippen LogP contribution in [0.3, 0.4) is 0 Å². The molecule has 1 heterocycles. The summed E-state index contributed by atoms with van der Waals surface area (Å²) in [4.78, 5) is 82.6. The lowest BCUT2D eigenvalue weighted by molar-refractivity contribution is -0.115. The van der Waals surface area contributed by atoms with Gasteiger partial charge in [-0.3, -0.25) is 14.4 Å². The number of nitrogens with zero attached hydrogens (tertiary/aromatic N) is 3. The number of allylic oxidation sites excluding steroid dienone is 3. The summed E-state index contributed by atoms with van der Waals surface area (Å²) in [5, 5.41) is 33.6. The Balaban J connectivity index is 1.71. The molecular weight excluding hydrogens is 907 g/mol. The van der Waals surface area contributed by atoms with Crippen molar-refractivity contribution in [2.24, 2.45) is 0 Å². The van der Waals surface area contributed by atoms with E-state index < -0.39 is 66.9 Å². The molecule has 4 rings (SSSR count). The molecule has 0 saturated heterocycles. The number of hydrogen-bond donors (Lipinski definition) is 3. The molecule has 0 fully saturated rings. The molecule has 0 atom stereocenters. The zero-order chi connectivity index (χ0) is 54.9. The first kappa shape index (κ1) is 58.3. The van der Waals surface area contributed by atoms with Gasteiger partial charge in [0.2, 0.25) is 0 Å². The van der Waals surface area contributed by atoms with Gasteiger partial charge in [-0.25, -0.2) is 28.1 Å². The maximum atomic E-state index is 14.1. The minimum atomic E-state index is -0.996. The molecule has 12 heteroatoms. The first-order valence-corrected chi connectivity index (χ1v) is 24.9. The number of ketones is 3. The fourth-order valence-electron chi connectivity index (χ4n) is 8.43. The molecule has 0 unspecified atom stereocenters. The highest BCUT2D eigenvalue weighted by molar-refractivity contribution is 5.94. The van der Waals surface area contributed by atoms with Gasteiger partial charge < -0.3 is 15.3 Å². The van der Waals surface area contributed by atoms with E-state index in [4.69, 9.17) is 0 Å². The molecule has 1 aromatic heterocycles. The zero-order valence-electron chi connectivity index (χ0n) is 46.3. The Morgan fingerprint density at radius 2 is 0.528 bits per heavy atom. The smallest absolute Gasteiger partial charge is 0.336 e. The molecule has 0 saturated carbocycles. The SMILES string of the molecule is CC(C)(C)c1cc(/C=C/C(=O)CCn2c(=O)n(CCC(=O)/C=C/c3cc(C(C)(C)C)c(O)c(C(C)(C)C)c3)c(=O)n(CCC(=O)/C=C/c3cc(C(C)(C)C)c(O)c(C(C)(C)C)c3)c2=O)cc(C(C)(C)C)c1O. The molecule has 12 nitrogen and oxygen atoms in total. The number of aromatic hydroxyl groups is 3. The van der Waals surface area contributed by atoms with E-state index in [9.17, 15) is 44.1 Å². The van der Waals surface area contributed by atoms with E-state index >= 15 is 0 Å². The van der Waals surface area contributed by atoms with Gasteiger partial charge in [0.05, 0.1) is 0 Å². The van der Waals surface area contributed by atoms with Crippen LogP contribution in [0.2, 0.25) is 0 Å². The maximum Gasteiger partial charge on any atom is 0.336 e. The Kier molecular flexibility index (Phi) is 17.3. The lowest BCUT2D eigenvalue weighted by Gasteiger charge is -2.27. The standard InChI is InChI=1S/C60H81N3O9/c1-55(2,3)43-31-37(32-44(49(43)67)56(4,5)6)19-22-40(64)25-28-61-52(70)62(29-26-41(65)23-20-38-33-45(57(7,8)9)50(68)46(34-38)58(10,11)12)54(72)63(53(61)71)30-27-42(66)24-21-39-35-47(59(13,14)15)51(69)48(36-39)60(16,17)18/h19-24,31-36,67-69H,25-30H2,1-18H3/b22-19+,23-20+,24-21+. The number of carbonyl (C=O) groups is 3. The van der Waals surface area contributed by atoms with Gasteiger partial charge in [0.1, 0.15) is 17.2 Å². The largest absolute Gasteiger partial charge is 0.507 e. The summed E-state index contributed by atoms with van der Waals surface area (Å²) in [6, 6.07) is 11.0. The topological polar surface area (TPSA) is 178 Å². The second-order valence-electron chi connectivity index (χ2n) is 25.3. The minimum absolute atomic E-state index is 0.197. The van der Waals surface area contributed by atoms with Crippen molar-refractivity contribution in [2.75, 3.05) is 0 Å². The Labute approximate surface area is 426 Å². The third kappa shape index (κ3) is 14.4. The number of benzene rings is 3. The summed E-state index contributed by atoms with van der Waals surface area (Å²) in [5.74, 6) is -0.642. The van der Waals surface area contributed by atoms with Gasteiger partial charge in [0.25, 0.3) is 0 Å². The molecule has 72 heavy (non-hydrogen) atoms. The third-order valence-corrected chi connectivity index (χ3v) is 12.8. The van der Waals surface area contributed by atoms with Crippen LogP contribution >= 0.6 is 0 Å². The Bertz CT molecular complexity index is 2540. The van der Waals surface area contributed by atoms with Crippen molar-refractivity contribution in [2.45, 2.75) is 196 Å². The fraction of sp³-hybridized carbons (Fsp3) is 0.500. The van der Waals surface area contributed by atoms with Crippen molar-refractivity contribution < 1.29 is 29.7 Å². The summed E-state index contributed by atoms with van der Waals surface area (Å²) >= 11 is 0. The first-order chi connectivity index (χ1) is 32.7. The molecule has 0 aliphatic rings. The molecule has 390 valence electrons. The Morgan fingerprint density at radius 1 is 0.361 bits per heavy atom. The average Bonchev–Trinajstić information content (AvgIpc) is 3.22. The second kappa shape index (κ2) is 21.4. The predicted molar refractivity (Wildman–Crippen MR) is 292 cm³/mol. The van der Waals surface area contributed by atoms with Crippen LogP contribution in [0.4, 0.5) is 0 Å². The predicted octanol–water partition coefficient (Wildman–Crippen LogP) is 11.1. The second-order valence-corrected chi connectivity index (χ2v) is 25.3. The average molecular weight is 988 g/mol. The molecule has 3 N–H and O–H groups in total. The molecular formula is C60H81N3O9. The molecule has 0 bridgehead atoms. The van der Waals surface area contributed by atoms with Gasteiger partial charge in [-0.15, -0.1) is 0 Å². The zero-order valence-corrected chi connectivity index (χ0v) is 46.3. The molecule has 0 aliphatic heterocycles. The molecule has 3 aromatic carbocycles. The summed E-state index contributed by atoms with van der Waals surface area (Å²) in [6.07, 6.45) is 8.08. The van der Waals surface area contributed by atoms with Gasteiger partial charge in [-0.1, -0.05) is 143 Å². The van der Waals surface area contributed by atoms with E-state index in [1.54, 1.807) is 18.2 Å². The lowest BCUT2D eigenvalue weighted by Crippen LogP contribution is -2.55. The van der Waals surface area contributed by atoms with E-state index in [-0.39, 0.29) is 56.1 Å². The number of aromatic nitrogens is 3. The van der Waals surface area contributed by atoms with Crippen molar-refractivity contribution in [1.29, 1.82) is 0 Å². The highest BCUT2D eigenvalue weighted by Gasteiger charge is 2.29. The highest BCUT2D eigenvalue weighted by Crippen LogP contribution is 2.42. The van der Waals surface area contributed by atoms with Crippen LogP contribution in [0, 0.1) is 0 Å². The molecule has 4 aromatic rings. The van der Waals surface area contributed by atoms with E-state index in [1.807, 2.05) is 161 Å². The van der Waals surface area contributed by atoms with Gasteiger partial charge in [-0.05, 0) is 104 Å². The van der Waals surface area contributed by atoms with Gasteiger partial charge in [0.15, 0.2) is 17.3 Å². The van der Waals surface area contributed by atoms with Gasteiger partial charge in [0, 0.05) is 72.3 Å². The Hall–Kier alpha value is -6.30. The molecule has 0 amide bonds. The normalized spacial score (nSPS) is 13.2. The number of phenolic OH excluding ortho intramolecular Hbond substituents is 3. The van der Waals surface area contributed by atoms with Gasteiger partial charge >= 0.3 is 17.1 Å². The van der Waals surface area contributed by atoms with Crippen molar-refractivity contribution >= 4 is 35.6 Å². The molecule has 0 aliphatic carbocycles. The van der Waals surface area contributed by atoms with Gasteiger partial charge in [-0.2, -0.15) is 0 Å². The maximum absolute atomic E-state index is 14.1. The van der Waals surface area contributed by atoms with Crippen LogP contribution in [-0.2, 0) is 66.5 Å². The van der Waals surface area contributed by atoms with Crippen molar-refractivity contribution in [1.82, 2.24) is 13.7 Å². The van der Waals surface area contributed by atoms with E-state index in [0.29, 0.717) is 50.1 Å². The molecule has 0 radical (unpaired) electrons. The minimum Gasteiger partial charge on any atom is -0.507 e. The third-order valence-electron chi connectivity index (χ3n) is 12.8. The van der Waals surface area contributed by atoms with Crippen molar-refractivity contribution in [3.63, 3.8) is 0 Å². The monoisotopic (exact) mass is 988 g/mol. The lowest BCUT2D eigenvalue weighted by atomic mass is 9.78. The van der Waals surface area contributed by atoms with Crippen LogP contribution in [0.15, 0.2) is 69.0 Å². The Morgan fingerprint density at radius 3 is 0.681 bits per heavy atom. The van der Waals surface area contributed by atoms with Crippen molar-refractivity contribution in [3.8, 4) is 17.2 Å². The quantitative estimate of drug-likeness (QED) is 0.0978. The number of hydrogen-bond acceptors (Lipinski definition) is 9. The van der Waals surface area contributed by atoms with E-state index in [0.717, 1.165) is 13.7 Å². The van der Waals surface area contributed by atoms with Crippen molar-refractivity contribution in [3.05, 3.63) is 136 Å². The summed E-state index contributed by atoms with van der Waals surface area (Å²) < 4.78 is 2.38. The van der Waals surface area contributed by atoms with E-state index in [1.165, 1.54) is 18.2 Å². The number of phenols is 3. The molecule has 0 spiro atoms. The summed E-state index contributed by atoms with van der Waals surface area (Å²) in [6.45, 7) is 34.6. The van der Waals surface area contributed by atoms with Crippen LogP contribution in [0.1, 0.15) is 194 Å². The first-order valence-electron chi connectivity index (χ1n) is 24.9. The number of carbonyl (C=O) groups excluding carboxylic acids is 3.